The Morgan fingerprint density at radius 2 is 2.24 bits per heavy atom. The fraction of sp³-hybridized carbons (Fsp3) is 0.286. The van der Waals surface area contributed by atoms with Gasteiger partial charge < -0.3 is 14.5 Å². The van der Waals surface area contributed by atoms with Crippen LogP contribution in [0.25, 0.3) is 10.4 Å². The number of ether oxygens (including phenoxy) is 1. The molecule has 1 N–H and O–H groups in total. The molecule has 2 unspecified atom stereocenters. The molecule has 2 atom stereocenters. The van der Waals surface area contributed by atoms with E-state index in [1.165, 1.54) is 17.4 Å². The van der Waals surface area contributed by atoms with Crippen molar-refractivity contribution in [3.05, 3.63) is 59.6 Å². The first-order valence-electron chi connectivity index (χ1n) is 10.3. The molecule has 170 valence electrons. The lowest BCUT2D eigenvalue weighted by Crippen LogP contribution is -2.31. The number of nitrogens with one attached hydrogen (secondary N) is 1. The summed E-state index contributed by atoms with van der Waals surface area (Å²) in [4.78, 5) is 17.2. The summed E-state index contributed by atoms with van der Waals surface area (Å²) in [5, 5.41) is 18.0. The summed E-state index contributed by atoms with van der Waals surface area (Å²) in [6.45, 7) is 1.55. The summed E-state index contributed by atoms with van der Waals surface area (Å²) in [6.07, 6.45) is 4.66. The quantitative estimate of drug-likeness (QED) is 0.393. The minimum atomic E-state index is -0.774. The van der Waals surface area contributed by atoms with Gasteiger partial charge in [0.15, 0.2) is 12.5 Å². The number of H-pyrrole nitrogens is 1. The summed E-state index contributed by atoms with van der Waals surface area (Å²) in [6, 6.07) is 8.92. The summed E-state index contributed by atoms with van der Waals surface area (Å²) in [7, 11) is 1.93. The van der Waals surface area contributed by atoms with E-state index in [1.54, 1.807) is 34.2 Å². The summed E-state index contributed by atoms with van der Waals surface area (Å²) in [5.74, 6) is 0.455. The third-order valence-corrected chi connectivity index (χ3v) is 6.54. The van der Waals surface area contributed by atoms with Crippen LogP contribution in [0.1, 0.15) is 4.88 Å². The molecule has 12 heteroatoms. The molecule has 33 heavy (non-hydrogen) atoms. The van der Waals surface area contributed by atoms with Crippen molar-refractivity contribution in [3.8, 4) is 10.4 Å². The number of benzene rings is 1. The normalized spacial score (nSPS) is 18.1. The van der Waals surface area contributed by atoms with Gasteiger partial charge in [-0.05, 0) is 30.3 Å². The maximum atomic E-state index is 15.1. The number of halogens is 1. The Kier molecular flexibility index (Phi) is 5.84. The molecule has 4 aromatic rings. The summed E-state index contributed by atoms with van der Waals surface area (Å²) in [5.41, 5.74) is 1.11. The van der Waals surface area contributed by atoms with E-state index in [1.807, 2.05) is 30.1 Å². The zero-order chi connectivity index (χ0) is 22.8. The van der Waals surface area contributed by atoms with Gasteiger partial charge in [-0.25, -0.2) is 14.2 Å². The molecule has 1 aromatic carbocycles. The molecule has 1 saturated heterocycles. The van der Waals surface area contributed by atoms with Crippen molar-refractivity contribution in [2.75, 3.05) is 23.4 Å². The Morgan fingerprint density at radius 3 is 2.97 bits per heavy atom. The van der Waals surface area contributed by atoms with Crippen LogP contribution in [0, 0.1) is 5.82 Å². The van der Waals surface area contributed by atoms with Crippen molar-refractivity contribution in [2.24, 2.45) is 0 Å². The van der Waals surface area contributed by atoms with Gasteiger partial charge in [0.25, 0.3) is 0 Å². The Balaban J connectivity index is 1.30. The number of thiophene rings is 1. The molecule has 0 amide bonds. The summed E-state index contributed by atoms with van der Waals surface area (Å²) < 4.78 is 22.6. The van der Waals surface area contributed by atoms with E-state index in [4.69, 9.17) is 4.74 Å². The first kappa shape index (κ1) is 21.2. The molecule has 1 fully saturated rings. The number of aromatic nitrogens is 6. The second-order valence-corrected chi connectivity index (χ2v) is 8.86. The maximum Gasteiger partial charge on any atom is 0.187 e. The van der Waals surface area contributed by atoms with Gasteiger partial charge in [0, 0.05) is 40.8 Å². The van der Waals surface area contributed by atoms with Crippen LogP contribution >= 0.6 is 11.3 Å². The van der Waals surface area contributed by atoms with Crippen LogP contribution in [-0.2, 0) is 22.6 Å². The Hall–Kier alpha value is -3.64. The zero-order valence-corrected chi connectivity index (χ0v) is 18.5. The number of aldehydes is 1. The van der Waals surface area contributed by atoms with Gasteiger partial charge in [0.05, 0.1) is 31.6 Å². The minimum absolute atomic E-state index is 0.258. The van der Waals surface area contributed by atoms with E-state index in [9.17, 15) is 4.79 Å². The van der Waals surface area contributed by atoms with Gasteiger partial charge in [-0.15, -0.1) is 21.5 Å². The van der Waals surface area contributed by atoms with Crippen molar-refractivity contribution in [3.63, 3.8) is 0 Å². The third kappa shape index (κ3) is 4.47. The molecule has 10 nitrogen and oxygen atoms in total. The van der Waals surface area contributed by atoms with E-state index in [-0.39, 0.29) is 11.9 Å². The molecule has 0 bridgehead atoms. The molecule has 4 heterocycles. The van der Waals surface area contributed by atoms with Gasteiger partial charge in [-0.1, -0.05) is 10.4 Å². The van der Waals surface area contributed by atoms with Crippen LogP contribution in [0.5, 0.6) is 0 Å². The molecule has 1 aliphatic rings. The highest BCUT2D eigenvalue weighted by Crippen LogP contribution is 2.34. The third-order valence-electron chi connectivity index (χ3n) is 5.44. The number of rotatable bonds is 8. The molecule has 0 spiro atoms. The van der Waals surface area contributed by atoms with Crippen LogP contribution in [0.2, 0.25) is 0 Å². The maximum absolute atomic E-state index is 15.1. The number of hydrogen-bond donors (Lipinski definition) is 1. The van der Waals surface area contributed by atoms with Gasteiger partial charge in [-0.3, -0.25) is 4.79 Å². The Morgan fingerprint density at radius 1 is 1.33 bits per heavy atom. The first-order valence-corrected chi connectivity index (χ1v) is 11.1. The molecule has 1 aliphatic heterocycles. The number of aromatic amines is 1. The average Bonchev–Trinajstić information content (AvgIpc) is 3.60. The molecule has 0 aliphatic carbocycles. The van der Waals surface area contributed by atoms with Crippen LogP contribution in [0.15, 0.2) is 48.9 Å². The second-order valence-electron chi connectivity index (χ2n) is 7.69. The van der Waals surface area contributed by atoms with Crippen LogP contribution in [0.4, 0.5) is 15.9 Å². The van der Waals surface area contributed by atoms with Gasteiger partial charge >= 0.3 is 0 Å². The predicted octanol–water partition coefficient (Wildman–Crippen LogP) is 2.33. The number of anilines is 2. The highest BCUT2D eigenvalue weighted by molar-refractivity contribution is 7.15. The highest BCUT2D eigenvalue weighted by Gasteiger charge is 2.33. The first-order chi connectivity index (χ1) is 16.1. The predicted molar refractivity (Wildman–Crippen MR) is 120 cm³/mol. The van der Waals surface area contributed by atoms with Crippen molar-refractivity contribution in [2.45, 2.75) is 25.4 Å². The van der Waals surface area contributed by atoms with E-state index in [0.717, 1.165) is 21.9 Å². The van der Waals surface area contributed by atoms with Crippen LogP contribution in [-0.4, -0.2) is 62.6 Å². The standard InChI is InChI=1S/C21H21FN8O2S/c1-28(20-9-24-26-25-20)12-16-3-5-19(33-16)17-4-2-14(8-18(17)22)30-11-15(32-21(30)13-31)10-29-7-6-23-27-29/h2-9,13,15,21H,10-12H2,1H3,(H,24,25,26). The molecular weight excluding hydrogens is 447 g/mol. The molecule has 5 rings (SSSR count). The lowest BCUT2D eigenvalue weighted by molar-refractivity contribution is -0.117. The van der Waals surface area contributed by atoms with E-state index in [0.29, 0.717) is 30.9 Å². The van der Waals surface area contributed by atoms with Gasteiger partial charge in [-0.2, -0.15) is 0 Å². The molecule has 0 saturated carbocycles. The fourth-order valence-corrected chi connectivity index (χ4v) is 4.91. The summed E-state index contributed by atoms with van der Waals surface area (Å²) >= 11 is 1.52. The van der Waals surface area contributed by atoms with Gasteiger partial charge in [0.2, 0.25) is 0 Å². The Bertz CT molecular complexity index is 1210. The molecule has 3 aromatic heterocycles. The van der Waals surface area contributed by atoms with Crippen molar-refractivity contribution >= 4 is 29.1 Å². The van der Waals surface area contributed by atoms with E-state index in [2.05, 4.69) is 25.7 Å². The van der Waals surface area contributed by atoms with E-state index < -0.39 is 6.23 Å². The number of carbonyl (C=O) groups is 1. The van der Waals surface area contributed by atoms with Crippen LogP contribution in [0.3, 0.4) is 0 Å². The average molecular weight is 469 g/mol. The number of hydrogen-bond acceptors (Lipinski definition) is 9. The SMILES string of the molecule is CN(Cc1ccc(-c2ccc(N3CC(Cn4ccnn4)OC3C=O)cc2F)s1)c1cnn[nH]1. The second kappa shape index (κ2) is 9.08. The largest absolute Gasteiger partial charge is 0.354 e. The highest BCUT2D eigenvalue weighted by atomic mass is 32.1. The fourth-order valence-electron chi connectivity index (χ4n) is 3.82. The minimum Gasteiger partial charge on any atom is -0.354 e. The van der Waals surface area contributed by atoms with Crippen molar-refractivity contribution in [1.29, 1.82) is 0 Å². The number of carbonyl (C=O) groups excluding carboxylic acids is 1. The van der Waals surface area contributed by atoms with Gasteiger partial charge in [0.1, 0.15) is 11.6 Å². The smallest absolute Gasteiger partial charge is 0.187 e. The zero-order valence-electron chi connectivity index (χ0n) is 17.7. The van der Waals surface area contributed by atoms with Crippen LogP contribution < -0.4 is 9.80 Å². The molecular formula is C21H21FN8O2S. The van der Waals surface area contributed by atoms with E-state index >= 15 is 4.39 Å². The van der Waals surface area contributed by atoms with Crippen molar-refractivity contribution in [1.82, 2.24) is 30.4 Å². The molecule has 0 radical (unpaired) electrons. The lowest BCUT2D eigenvalue weighted by atomic mass is 10.1. The Labute approximate surface area is 192 Å². The topological polar surface area (TPSA) is 105 Å². The monoisotopic (exact) mass is 468 g/mol. The van der Waals surface area contributed by atoms with Crippen molar-refractivity contribution < 1.29 is 13.9 Å². The lowest BCUT2D eigenvalue weighted by Gasteiger charge is -2.21. The number of nitrogens with zero attached hydrogens (tertiary/aromatic N) is 7.